The molecule has 2 aromatic heterocycles. The molecule has 0 bridgehead atoms. The van der Waals surface area contributed by atoms with Crippen LogP contribution in [-0.2, 0) is 6.54 Å². The Kier molecular flexibility index (Phi) is 4.53. The van der Waals surface area contributed by atoms with Crippen LogP contribution in [0.15, 0.2) is 51.9 Å². The van der Waals surface area contributed by atoms with E-state index in [-0.39, 0.29) is 5.63 Å². The standard InChI is InChI=1S/C19H20N4O3/c1-25-15-3-4-16-14(11-18(24)26-17(16)12-15)13-22-7-9-23(10-8-22)19-20-5-2-6-21-19/h2-6,11-12H,7-10,13H2,1H3. The number of methoxy groups -OCH3 is 1. The van der Waals surface area contributed by atoms with Gasteiger partial charge in [-0.25, -0.2) is 14.8 Å². The van der Waals surface area contributed by atoms with Gasteiger partial charge < -0.3 is 14.1 Å². The highest BCUT2D eigenvalue weighted by Crippen LogP contribution is 2.24. The third-order valence-electron chi connectivity index (χ3n) is 4.64. The fourth-order valence-corrected chi connectivity index (χ4v) is 3.27. The van der Waals surface area contributed by atoms with Crippen molar-refractivity contribution in [2.24, 2.45) is 0 Å². The third-order valence-corrected chi connectivity index (χ3v) is 4.64. The number of hydrogen-bond donors (Lipinski definition) is 0. The van der Waals surface area contributed by atoms with Crippen molar-refractivity contribution in [3.63, 3.8) is 0 Å². The van der Waals surface area contributed by atoms with E-state index in [0.29, 0.717) is 17.9 Å². The van der Waals surface area contributed by atoms with Crippen molar-refractivity contribution in [3.8, 4) is 5.75 Å². The summed E-state index contributed by atoms with van der Waals surface area (Å²) in [5.41, 5.74) is 1.20. The third kappa shape index (κ3) is 3.39. The Hall–Kier alpha value is -2.93. The highest BCUT2D eigenvalue weighted by molar-refractivity contribution is 5.81. The van der Waals surface area contributed by atoms with Crippen molar-refractivity contribution in [3.05, 3.63) is 58.7 Å². The molecule has 1 fully saturated rings. The molecule has 3 heterocycles. The Morgan fingerprint density at radius 1 is 1.12 bits per heavy atom. The first kappa shape index (κ1) is 16.5. The normalized spacial score (nSPS) is 15.3. The van der Waals surface area contributed by atoms with Gasteiger partial charge in [0, 0.05) is 62.6 Å². The van der Waals surface area contributed by atoms with Crippen LogP contribution in [0.5, 0.6) is 5.75 Å². The van der Waals surface area contributed by atoms with Gasteiger partial charge in [0.2, 0.25) is 5.95 Å². The molecule has 0 aliphatic carbocycles. The molecule has 0 radical (unpaired) electrons. The summed E-state index contributed by atoms with van der Waals surface area (Å²) in [6.45, 7) is 4.19. The molecule has 1 aliphatic rings. The number of fused-ring (bicyclic) bond motifs is 1. The minimum Gasteiger partial charge on any atom is -0.497 e. The van der Waals surface area contributed by atoms with Gasteiger partial charge in [0.25, 0.3) is 0 Å². The van der Waals surface area contributed by atoms with Crippen LogP contribution >= 0.6 is 0 Å². The molecule has 26 heavy (non-hydrogen) atoms. The lowest BCUT2D eigenvalue weighted by atomic mass is 10.1. The summed E-state index contributed by atoms with van der Waals surface area (Å²) in [5.74, 6) is 1.44. The monoisotopic (exact) mass is 352 g/mol. The van der Waals surface area contributed by atoms with Crippen molar-refractivity contribution in [1.82, 2.24) is 14.9 Å². The second-order valence-electron chi connectivity index (χ2n) is 6.26. The molecule has 0 unspecified atom stereocenters. The fourth-order valence-electron chi connectivity index (χ4n) is 3.27. The minimum atomic E-state index is -0.336. The van der Waals surface area contributed by atoms with E-state index in [2.05, 4.69) is 19.8 Å². The number of benzene rings is 1. The van der Waals surface area contributed by atoms with Gasteiger partial charge in [-0.15, -0.1) is 0 Å². The first-order chi connectivity index (χ1) is 12.7. The van der Waals surface area contributed by atoms with Gasteiger partial charge in [0.1, 0.15) is 11.3 Å². The maximum atomic E-state index is 11.9. The van der Waals surface area contributed by atoms with E-state index < -0.39 is 0 Å². The van der Waals surface area contributed by atoms with Crippen LogP contribution < -0.4 is 15.3 Å². The van der Waals surface area contributed by atoms with Gasteiger partial charge in [-0.3, -0.25) is 4.90 Å². The Bertz CT molecular complexity index is 950. The Morgan fingerprint density at radius 3 is 2.62 bits per heavy atom. The topological polar surface area (TPSA) is 71.7 Å². The highest BCUT2D eigenvalue weighted by atomic mass is 16.5. The molecule has 1 aliphatic heterocycles. The number of hydrogen-bond acceptors (Lipinski definition) is 7. The average molecular weight is 352 g/mol. The van der Waals surface area contributed by atoms with Gasteiger partial charge >= 0.3 is 5.63 Å². The van der Waals surface area contributed by atoms with Crippen molar-refractivity contribution in [2.75, 3.05) is 38.2 Å². The zero-order valence-electron chi connectivity index (χ0n) is 14.6. The molecule has 0 saturated carbocycles. The van der Waals surface area contributed by atoms with Crippen LogP contribution in [0.4, 0.5) is 5.95 Å². The molecule has 0 spiro atoms. The second-order valence-corrected chi connectivity index (χ2v) is 6.26. The highest BCUT2D eigenvalue weighted by Gasteiger charge is 2.20. The Balaban J connectivity index is 1.51. The van der Waals surface area contributed by atoms with E-state index in [0.717, 1.165) is 43.1 Å². The lowest BCUT2D eigenvalue weighted by molar-refractivity contribution is 0.249. The number of anilines is 1. The van der Waals surface area contributed by atoms with E-state index >= 15 is 0 Å². The summed E-state index contributed by atoms with van der Waals surface area (Å²) in [4.78, 5) is 25.1. The van der Waals surface area contributed by atoms with Gasteiger partial charge in [-0.1, -0.05) is 0 Å². The van der Waals surface area contributed by atoms with Crippen LogP contribution in [0.2, 0.25) is 0 Å². The first-order valence-corrected chi connectivity index (χ1v) is 8.58. The van der Waals surface area contributed by atoms with Gasteiger partial charge in [-0.05, 0) is 23.8 Å². The zero-order chi connectivity index (χ0) is 17.9. The number of piperazine rings is 1. The molecule has 134 valence electrons. The van der Waals surface area contributed by atoms with Gasteiger partial charge in [-0.2, -0.15) is 0 Å². The Morgan fingerprint density at radius 2 is 1.88 bits per heavy atom. The summed E-state index contributed by atoms with van der Waals surface area (Å²) >= 11 is 0. The molecule has 0 atom stereocenters. The molecule has 4 rings (SSSR count). The molecule has 3 aromatic rings. The van der Waals surface area contributed by atoms with E-state index in [4.69, 9.17) is 9.15 Å². The van der Waals surface area contributed by atoms with Crippen LogP contribution in [-0.4, -0.2) is 48.2 Å². The maximum absolute atomic E-state index is 11.9. The smallest absolute Gasteiger partial charge is 0.336 e. The van der Waals surface area contributed by atoms with Crippen LogP contribution in [0, 0.1) is 0 Å². The SMILES string of the molecule is COc1ccc2c(CN3CCN(c4ncccn4)CC3)cc(=O)oc2c1. The van der Waals surface area contributed by atoms with E-state index in [1.165, 1.54) is 0 Å². The molecule has 0 N–H and O–H groups in total. The van der Waals surface area contributed by atoms with Crippen LogP contribution in [0.25, 0.3) is 11.0 Å². The van der Waals surface area contributed by atoms with Gasteiger partial charge in [0.05, 0.1) is 7.11 Å². The largest absolute Gasteiger partial charge is 0.497 e. The molecular formula is C19H20N4O3. The lowest BCUT2D eigenvalue weighted by Crippen LogP contribution is -2.46. The molecule has 7 nitrogen and oxygen atoms in total. The quantitative estimate of drug-likeness (QED) is 0.664. The van der Waals surface area contributed by atoms with Gasteiger partial charge in [0.15, 0.2) is 0 Å². The lowest BCUT2D eigenvalue weighted by Gasteiger charge is -2.34. The molecule has 0 amide bonds. The molecule has 7 heteroatoms. The first-order valence-electron chi connectivity index (χ1n) is 8.58. The zero-order valence-corrected chi connectivity index (χ0v) is 14.6. The number of ether oxygens (including phenoxy) is 1. The van der Waals surface area contributed by atoms with Crippen molar-refractivity contribution < 1.29 is 9.15 Å². The summed E-state index contributed by atoms with van der Waals surface area (Å²) in [6.07, 6.45) is 3.52. The number of nitrogens with zero attached hydrogens (tertiary/aromatic N) is 4. The summed E-state index contributed by atoms with van der Waals surface area (Å²) < 4.78 is 10.5. The predicted octanol–water partition coefficient (Wildman–Crippen LogP) is 1.91. The Labute approximate surface area is 150 Å². The van der Waals surface area contributed by atoms with Crippen molar-refractivity contribution >= 4 is 16.9 Å². The summed E-state index contributed by atoms with van der Waals surface area (Å²) in [7, 11) is 1.60. The van der Waals surface area contributed by atoms with E-state index in [9.17, 15) is 4.79 Å². The maximum Gasteiger partial charge on any atom is 0.336 e. The number of aromatic nitrogens is 2. The fraction of sp³-hybridized carbons (Fsp3) is 0.316. The van der Waals surface area contributed by atoms with Crippen LogP contribution in [0.1, 0.15) is 5.56 Å². The van der Waals surface area contributed by atoms with Crippen LogP contribution in [0.3, 0.4) is 0 Å². The van der Waals surface area contributed by atoms with Crippen molar-refractivity contribution in [1.29, 1.82) is 0 Å². The second kappa shape index (κ2) is 7.13. The van der Waals surface area contributed by atoms with E-state index in [1.807, 2.05) is 18.2 Å². The molecule has 1 aromatic carbocycles. The average Bonchev–Trinajstić information content (AvgIpc) is 2.68. The predicted molar refractivity (Wildman–Crippen MR) is 98.6 cm³/mol. The van der Waals surface area contributed by atoms with Crippen molar-refractivity contribution in [2.45, 2.75) is 6.54 Å². The number of rotatable bonds is 4. The summed E-state index contributed by atoms with van der Waals surface area (Å²) in [5, 5.41) is 0.944. The minimum absolute atomic E-state index is 0.336. The molecular weight excluding hydrogens is 332 g/mol. The summed E-state index contributed by atoms with van der Waals surface area (Å²) in [6, 6.07) is 8.99. The molecule has 1 saturated heterocycles. The van der Waals surface area contributed by atoms with E-state index in [1.54, 1.807) is 31.6 Å².